The van der Waals surface area contributed by atoms with Crippen LogP contribution < -0.4 is 10.6 Å². The van der Waals surface area contributed by atoms with Crippen LogP contribution in [-0.2, 0) is 6.42 Å². The predicted molar refractivity (Wildman–Crippen MR) is 91.7 cm³/mol. The van der Waals surface area contributed by atoms with Crippen LogP contribution in [0.3, 0.4) is 0 Å². The molecule has 2 N–H and O–H groups in total. The summed E-state index contributed by atoms with van der Waals surface area (Å²) >= 11 is 0. The lowest BCUT2D eigenvalue weighted by Crippen LogP contribution is -2.40. The maximum Gasteiger partial charge on any atom is 0.191 e. The molecule has 0 saturated carbocycles. The van der Waals surface area contributed by atoms with Gasteiger partial charge in [-0.15, -0.1) is 0 Å². The first kappa shape index (κ1) is 17.0. The Morgan fingerprint density at radius 1 is 1.30 bits per heavy atom. The first-order valence-corrected chi connectivity index (χ1v) is 7.89. The molecule has 0 fully saturated rings. The highest BCUT2D eigenvalue weighted by atomic mass is 16.5. The van der Waals surface area contributed by atoms with Crippen molar-refractivity contribution in [1.29, 1.82) is 0 Å². The largest absolute Gasteiger partial charge is 0.361 e. The molecule has 0 radical (unpaired) electrons. The highest BCUT2D eigenvalue weighted by Crippen LogP contribution is 2.22. The molecule has 0 amide bonds. The zero-order valence-corrected chi connectivity index (χ0v) is 14.3. The number of aromatic nitrogens is 2. The second-order valence-corrected chi connectivity index (χ2v) is 5.59. The minimum Gasteiger partial charge on any atom is -0.361 e. The first-order valence-electron chi connectivity index (χ1n) is 7.89. The van der Waals surface area contributed by atoms with Crippen LogP contribution in [0.2, 0.25) is 0 Å². The number of aryl methyl sites for hydroxylation is 2. The van der Waals surface area contributed by atoms with Gasteiger partial charge in [0.15, 0.2) is 5.96 Å². The van der Waals surface area contributed by atoms with Crippen LogP contribution in [0.25, 0.3) is 0 Å². The molecule has 2 rings (SSSR count). The van der Waals surface area contributed by atoms with Crippen molar-refractivity contribution in [2.75, 3.05) is 20.1 Å². The molecule has 124 valence electrons. The number of rotatable bonds is 6. The molecule has 1 unspecified atom stereocenters. The fraction of sp³-hybridized carbons (Fsp3) is 0.471. The van der Waals surface area contributed by atoms with Gasteiger partial charge in [-0.2, -0.15) is 0 Å². The SMILES string of the molecule is CN=C(NCCc1ccccn1)NCC(C)c1c(C)noc1C. The van der Waals surface area contributed by atoms with Crippen molar-refractivity contribution in [3.05, 3.63) is 47.1 Å². The lowest BCUT2D eigenvalue weighted by molar-refractivity contribution is 0.391. The molecule has 0 spiro atoms. The molecule has 2 aromatic heterocycles. The summed E-state index contributed by atoms with van der Waals surface area (Å²) in [6, 6.07) is 5.95. The fourth-order valence-electron chi connectivity index (χ4n) is 2.62. The van der Waals surface area contributed by atoms with Crippen molar-refractivity contribution in [3.63, 3.8) is 0 Å². The van der Waals surface area contributed by atoms with E-state index in [0.29, 0.717) is 5.92 Å². The number of aliphatic imine (C=N–C) groups is 1. The Morgan fingerprint density at radius 2 is 2.13 bits per heavy atom. The quantitative estimate of drug-likeness (QED) is 0.631. The lowest BCUT2D eigenvalue weighted by atomic mass is 10.00. The number of hydrogen-bond acceptors (Lipinski definition) is 4. The monoisotopic (exact) mass is 315 g/mol. The molecule has 0 bridgehead atoms. The van der Waals surface area contributed by atoms with E-state index in [0.717, 1.165) is 42.6 Å². The summed E-state index contributed by atoms with van der Waals surface area (Å²) in [5.74, 6) is 1.98. The van der Waals surface area contributed by atoms with Crippen molar-refractivity contribution < 1.29 is 4.52 Å². The number of guanidine groups is 1. The Hall–Kier alpha value is -2.37. The van der Waals surface area contributed by atoms with Crippen molar-refractivity contribution in [2.24, 2.45) is 4.99 Å². The average Bonchev–Trinajstić information content (AvgIpc) is 2.90. The maximum atomic E-state index is 5.23. The molecule has 6 heteroatoms. The summed E-state index contributed by atoms with van der Waals surface area (Å²) < 4.78 is 5.23. The lowest BCUT2D eigenvalue weighted by Gasteiger charge is -2.16. The Labute approximate surface area is 137 Å². The molecule has 6 nitrogen and oxygen atoms in total. The van der Waals surface area contributed by atoms with E-state index >= 15 is 0 Å². The van der Waals surface area contributed by atoms with E-state index < -0.39 is 0 Å². The van der Waals surface area contributed by atoms with Gasteiger partial charge in [0.05, 0.1) is 5.69 Å². The van der Waals surface area contributed by atoms with Crippen molar-refractivity contribution in [1.82, 2.24) is 20.8 Å². The standard InChI is InChI=1S/C17H25N5O/c1-12(16-13(2)22-23-14(16)3)11-21-17(18-4)20-10-8-15-7-5-6-9-19-15/h5-7,9,12H,8,10-11H2,1-4H3,(H2,18,20,21). The summed E-state index contributed by atoms with van der Waals surface area (Å²) in [6.45, 7) is 7.64. The number of hydrogen-bond donors (Lipinski definition) is 2. The first-order chi connectivity index (χ1) is 11.1. The molecule has 2 heterocycles. The Balaban J connectivity index is 1.79. The summed E-state index contributed by atoms with van der Waals surface area (Å²) in [6.07, 6.45) is 2.68. The van der Waals surface area contributed by atoms with E-state index in [1.165, 1.54) is 5.56 Å². The van der Waals surface area contributed by atoms with Crippen LogP contribution in [0, 0.1) is 13.8 Å². The van der Waals surface area contributed by atoms with Crippen molar-refractivity contribution in [3.8, 4) is 0 Å². The summed E-state index contributed by atoms with van der Waals surface area (Å²) in [5, 5.41) is 10.7. The van der Waals surface area contributed by atoms with Gasteiger partial charge in [-0.3, -0.25) is 9.98 Å². The molecular weight excluding hydrogens is 290 g/mol. The van der Waals surface area contributed by atoms with Gasteiger partial charge < -0.3 is 15.2 Å². The fourth-order valence-corrected chi connectivity index (χ4v) is 2.62. The minimum atomic E-state index is 0.301. The summed E-state index contributed by atoms with van der Waals surface area (Å²) in [5.41, 5.74) is 3.19. The Kier molecular flexibility index (Phi) is 6.14. The minimum absolute atomic E-state index is 0.301. The van der Waals surface area contributed by atoms with Crippen LogP contribution in [0.5, 0.6) is 0 Å². The predicted octanol–water partition coefficient (Wildman–Crippen LogP) is 2.20. The second-order valence-electron chi connectivity index (χ2n) is 5.59. The van der Waals surface area contributed by atoms with Crippen LogP contribution >= 0.6 is 0 Å². The summed E-state index contributed by atoms with van der Waals surface area (Å²) in [7, 11) is 1.77. The van der Waals surface area contributed by atoms with Crippen LogP contribution in [0.15, 0.2) is 33.9 Å². The van der Waals surface area contributed by atoms with Gasteiger partial charge in [0.2, 0.25) is 0 Å². The summed E-state index contributed by atoms with van der Waals surface area (Å²) in [4.78, 5) is 8.56. The average molecular weight is 315 g/mol. The Morgan fingerprint density at radius 3 is 2.74 bits per heavy atom. The zero-order chi connectivity index (χ0) is 16.7. The van der Waals surface area contributed by atoms with Gasteiger partial charge in [0, 0.05) is 49.9 Å². The second kappa shape index (κ2) is 8.31. The maximum absolute atomic E-state index is 5.23. The highest BCUT2D eigenvalue weighted by molar-refractivity contribution is 5.79. The topological polar surface area (TPSA) is 75.3 Å². The van der Waals surface area contributed by atoms with E-state index in [4.69, 9.17) is 4.52 Å². The van der Waals surface area contributed by atoms with Crippen LogP contribution in [-0.4, -0.2) is 36.2 Å². The molecular formula is C17H25N5O. The third kappa shape index (κ3) is 4.81. The van der Waals surface area contributed by atoms with E-state index in [2.05, 4.69) is 32.7 Å². The molecule has 0 saturated heterocycles. The zero-order valence-electron chi connectivity index (χ0n) is 14.3. The molecule has 0 aliphatic carbocycles. The molecule has 2 aromatic rings. The molecule has 0 aliphatic rings. The number of nitrogens with zero attached hydrogens (tertiary/aromatic N) is 3. The van der Waals surface area contributed by atoms with E-state index in [1.807, 2.05) is 38.2 Å². The van der Waals surface area contributed by atoms with E-state index in [-0.39, 0.29) is 0 Å². The molecule has 1 atom stereocenters. The van der Waals surface area contributed by atoms with Crippen molar-refractivity contribution in [2.45, 2.75) is 33.1 Å². The van der Waals surface area contributed by atoms with Gasteiger partial charge in [-0.25, -0.2) is 0 Å². The third-order valence-electron chi connectivity index (χ3n) is 3.78. The highest BCUT2D eigenvalue weighted by Gasteiger charge is 2.16. The Bertz CT molecular complexity index is 616. The van der Waals surface area contributed by atoms with Gasteiger partial charge in [0.1, 0.15) is 5.76 Å². The van der Waals surface area contributed by atoms with E-state index in [9.17, 15) is 0 Å². The van der Waals surface area contributed by atoms with Crippen molar-refractivity contribution >= 4 is 5.96 Å². The van der Waals surface area contributed by atoms with Gasteiger partial charge in [0.25, 0.3) is 0 Å². The van der Waals surface area contributed by atoms with E-state index in [1.54, 1.807) is 7.05 Å². The van der Waals surface area contributed by atoms with Gasteiger partial charge in [-0.1, -0.05) is 18.1 Å². The number of nitrogens with one attached hydrogen (secondary N) is 2. The normalized spacial score (nSPS) is 13.0. The third-order valence-corrected chi connectivity index (χ3v) is 3.78. The molecule has 0 aliphatic heterocycles. The molecule has 0 aromatic carbocycles. The van der Waals surface area contributed by atoms with Gasteiger partial charge >= 0.3 is 0 Å². The van der Waals surface area contributed by atoms with Gasteiger partial charge in [-0.05, 0) is 26.0 Å². The number of pyridine rings is 1. The molecule has 23 heavy (non-hydrogen) atoms. The van der Waals surface area contributed by atoms with Crippen LogP contribution in [0.1, 0.15) is 35.6 Å². The smallest absolute Gasteiger partial charge is 0.191 e. The van der Waals surface area contributed by atoms with Crippen LogP contribution in [0.4, 0.5) is 0 Å².